The minimum atomic E-state index is -0.189. The number of carbonyl (C=O) groups excluding carboxylic acids is 1. The molecule has 76 valence electrons. The topological polar surface area (TPSA) is 64.9 Å². The molecule has 0 spiro atoms. The molecule has 0 radical (unpaired) electrons. The van der Waals surface area contributed by atoms with E-state index in [0.717, 1.165) is 18.7 Å². The number of nitrogens with one attached hydrogen (secondary N) is 2. The summed E-state index contributed by atoms with van der Waals surface area (Å²) in [5.41, 5.74) is 2.89. The molecule has 0 aliphatic carbocycles. The molecule has 4 heteroatoms. The van der Waals surface area contributed by atoms with Gasteiger partial charge in [0, 0.05) is 17.8 Å². The Morgan fingerprint density at radius 3 is 3.27 bits per heavy atom. The number of anilines is 1. The highest BCUT2D eigenvalue weighted by Gasteiger charge is 2.12. The minimum Gasteiger partial charge on any atom is -0.384 e. The molecule has 1 heterocycles. The average Bonchev–Trinajstić information content (AvgIpc) is 2.72. The van der Waals surface area contributed by atoms with Crippen molar-refractivity contribution < 1.29 is 4.79 Å². The second-order valence-electron chi connectivity index (χ2n) is 3.39. The van der Waals surface area contributed by atoms with E-state index in [1.165, 1.54) is 5.56 Å². The Morgan fingerprint density at radius 2 is 2.47 bits per heavy atom. The van der Waals surface area contributed by atoms with Crippen LogP contribution in [0.2, 0.25) is 0 Å². The number of carbonyl (C=O) groups is 1. The fourth-order valence-electron chi connectivity index (χ4n) is 1.67. The van der Waals surface area contributed by atoms with Crippen LogP contribution in [0.5, 0.6) is 0 Å². The predicted molar refractivity (Wildman–Crippen MR) is 56.6 cm³/mol. The first-order valence-corrected chi connectivity index (χ1v) is 4.83. The zero-order valence-electron chi connectivity index (χ0n) is 8.21. The fourth-order valence-corrected chi connectivity index (χ4v) is 1.67. The number of hydrogen-bond acceptors (Lipinski definition) is 3. The van der Waals surface area contributed by atoms with E-state index in [-0.39, 0.29) is 12.5 Å². The molecule has 0 fully saturated rings. The van der Waals surface area contributed by atoms with E-state index < -0.39 is 0 Å². The van der Waals surface area contributed by atoms with Crippen LogP contribution in [0.3, 0.4) is 0 Å². The summed E-state index contributed by atoms with van der Waals surface area (Å²) in [6.45, 7) is 0.979. The maximum Gasteiger partial charge on any atom is 0.252 e. The zero-order valence-corrected chi connectivity index (χ0v) is 8.21. The van der Waals surface area contributed by atoms with Gasteiger partial charge in [-0.05, 0) is 30.2 Å². The molecular formula is C11H11N3O. The van der Waals surface area contributed by atoms with Crippen LogP contribution in [0, 0.1) is 11.3 Å². The Morgan fingerprint density at radius 1 is 1.60 bits per heavy atom. The van der Waals surface area contributed by atoms with E-state index in [9.17, 15) is 4.79 Å². The molecule has 1 aromatic carbocycles. The van der Waals surface area contributed by atoms with Gasteiger partial charge in [-0.3, -0.25) is 4.79 Å². The summed E-state index contributed by atoms with van der Waals surface area (Å²) in [6.07, 6.45) is 0.953. The van der Waals surface area contributed by atoms with Gasteiger partial charge in [0.15, 0.2) is 0 Å². The molecule has 2 rings (SSSR count). The van der Waals surface area contributed by atoms with Crippen LogP contribution >= 0.6 is 0 Å². The number of nitriles is 1. The number of amides is 1. The highest BCUT2D eigenvalue weighted by atomic mass is 16.1. The van der Waals surface area contributed by atoms with Crippen molar-refractivity contribution in [3.05, 3.63) is 29.3 Å². The molecule has 0 atom stereocenters. The molecule has 2 N–H and O–H groups in total. The number of benzene rings is 1. The van der Waals surface area contributed by atoms with Gasteiger partial charge in [0.05, 0.1) is 6.07 Å². The van der Waals surface area contributed by atoms with Crippen LogP contribution < -0.4 is 10.6 Å². The molecule has 0 unspecified atom stereocenters. The highest BCUT2D eigenvalue weighted by Crippen LogP contribution is 2.22. The van der Waals surface area contributed by atoms with Gasteiger partial charge in [-0.15, -0.1) is 0 Å². The number of nitrogens with zero attached hydrogens (tertiary/aromatic N) is 1. The lowest BCUT2D eigenvalue weighted by molar-refractivity contribution is 0.0958. The predicted octanol–water partition coefficient (Wildman–Crippen LogP) is 0.908. The Bertz CT molecular complexity index is 434. The van der Waals surface area contributed by atoms with Gasteiger partial charge in [-0.2, -0.15) is 5.26 Å². The molecule has 1 aliphatic heterocycles. The van der Waals surface area contributed by atoms with Crippen molar-refractivity contribution in [3.63, 3.8) is 0 Å². The number of fused-ring (bicyclic) bond motifs is 1. The van der Waals surface area contributed by atoms with Crippen LogP contribution in [0.25, 0.3) is 0 Å². The SMILES string of the molecule is N#CCNC(=O)c1ccc2c(c1)CCN2. The summed E-state index contributed by atoms with van der Waals surface area (Å²) in [5, 5.41) is 14.1. The van der Waals surface area contributed by atoms with E-state index >= 15 is 0 Å². The first-order valence-electron chi connectivity index (χ1n) is 4.83. The molecule has 1 aromatic rings. The summed E-state index contributed by atoms with van der Waals surface area (Å²) < 4.78 is 0. The maximum absolute atomic E-state index is 11.5. The fraction of sp³-hybridized carbons (Fsp3) is 0.273. The second-order valence-corrected chi connectivity index (χ2v) is 3.39. The number of hydrogen-bond donors (Lipinski definition) is 2. The number of rotatable bonds is 2. The molecule has 0 bridgehead atoms. The van der Waals surface area contributed by atoms with E-state index in [2.05, 4.69) is 10.6 Å². The average molecular weight is 201 g/mol. The van der Waals surface area contributed by atoms with Gasteiger partial charge < -0.3 is 10.6 Å². The van der Waals surface area contributed by atoms with Crippen LogP contribution in [0.1, 0.15) is 15.9 Å². The van der Waals surface area contributed by atoms with E-state index in [0.29, 0.717) is 5.56 Å². The normalized spacial score (nSPS) is 12.5. The van der Waals surface area contributed by atoms with E-state index in [1.54, 1.807) is 6.07 Å². The van der Waals surface area contributed by atoms with Gasteiger partial charge in [0.25, 0.3) is 5.91 Å². The minimum absolute atomic E-state index is 0.0498. The van der Waals surface area contributed by atoms with Gasteiger partial charge in [-0.25, -0.2) is 0 Å². The van der Waals surface area contributed by atoms with Crippen molar-refractivity contribution in [1.29, 1.82) is 5.26 Å². The smallest absolute Gasteiger partial charge is 0.252 e. The lowest BCUT2D eigenvalue weighted by atomic mass is 10.1. The lowest BCUT2D eigenvalue weighted by Crippen LogP contribution is -2.23. The Balaban J connectivity index is 2.16. The van der Waals surface area contributed by atoms with Crippen LogP contribution in [-0.4, -0.2) is 19.0 Å². The Kier molecular flexibility index (Phi) is 2.55. The van der Waals surface area contributed by atoms with Crippen molar-refractivity contribution in [1.82, 2.24) is 5.32 Å². The third-order valence-electron chi connectivity index (χ3n) is 2.41. The third-order valence-corrected chi connectivity index (χ3v) is 2.41. The van der Waals surface area contributed by atoms with Gasteiger partial charge in [-0.1, -0.05) is 0 Å². The lowest BCUT2D eigenvalue weighted by Gasteiger charge is -2.03. The summed E-state index contributed by atoms with van der Waals surface area (Å²) in [7, 11) is 0. The molecular weight excluding hydrogens is 190 g/mol. The van der Waals surface area contributed by atoms with Crippen LogP contribution in [0.4, 0.5) is 5.69 Å². The highest BCUT2D eigenvalue weighted by molar-refractivity contribution is 5.95. The summed E-state index contributed by atoms with van der Waals surface area (Å²) in [4.78, 5) is 11.5. The van der Waals surface area contributed by atoms with Gasteiger partial charge >= 0.3 is 0 Å². The van der Waals surface area contributed by atoms with E-state index in [4.69, 9.17) is 5.26 Å². The standard InChI is InChI=1S/C11H11N3O/c12-4-6-14-11(15)9-1-2-10-8(7-9)3-5-13-10/h1-2,7,13H,3,5-6H2,(H,14,15). The molecule has 1 aliphatic rings. The van der Waals surface area contributed by atoms with Crippen molar-refractivity contribution in [2.24, 2.45) is 0 Å². The summed E-state index contributed by atoms with van der Waals surface area (Å²) in [6, 6.07) is 7.43. The van der Waals surface area contributed by atoms with Crippen molar-refractivity contribution in [2.45, 2.75) is 6.42 Å². The second kappa shape index (κ2) is 4.01. The van der Waals surface area contributed by atoms with Gasteiger partial charge in [0.1, 0.15) is 6.54 Å². The van der Waals surface area contributed by atoms with Gasteiger partial charge in [0.2, 0.25) is 0 Å². The maximum atomic E-state index is 11.5. The Hall–Kier alpha value is -2.02. The quantitative estimate of drug-likeness (QED) is 0.699. The molecule has 15 heavy (non-hydrogen) atoms. The largest absolute Gasteiger partial charge is 0.384 e. The van der Waals surface area contributed by atoms with Crippen LogP contribution in [0.15, 0.2) is 18.2 Å². The monoisotopic (exact) mass is 201 g/mol. The van der Waals surface area contributed by atoms with Crippen molar-refractivity contribution >= 4 is 11.6 Å². The molecule has 1 amide bonds. The summed E-state index contributed by atoms with van der Waals surface area (Å²) >= 11 is 0. The molecule has 0 aromatic heterocycles. The Labute approximate surface area is 87.9 Å². The first-order chi connectivity index (χ1) is 7.31. The van der Waals surface area contributed by atoms with Crippen molar-refractivity contribution in [2.75, 3.05) is 18.4 Å². The molecule has 0 saturated carbocycles. The van der Waals surface area contributed by atoms with E-state index in [1.807, 2.05) is 18.2 Å². The van der Waals surface area contributed by atoms with Crippen molar-refractivity contribution in [3.8, 4) is 6.07 Å². The zero-order chi connectivity index (χ0) is 10.7. The molecule has 4 nitrogen and oxygen atoms in total. The molecule has 0 saturated heterocycles. The third kappa shape index (κ3) is 1.91. The first kappa shape index (κ1) is 9.53. The van der Waals surface area contributed by atoms with Crippen LogP contribution in [-0.2, 0) is 6.42 Å². The summed E-state index contributed by atoms with van der Waals surface area (Å²) in [5.74, 6) is -0.189.